The highest BCUT2D eigenvalue weighted by atomic mass is 16.2. The molecule has 0 bridgehead atoms. The number of nitrogens with one attached hydrogen (secondary N) is 1. The molecule has 1 aliphatic heterocycles. The first-order chi connectivity index (χ1) is 14.7. The van der Waals surface area contributed by atoms with Crippen LogP contribution >= 0.6 is 0 Å². The van der Waals surface area contributed by atoms with Crippen molar-refractivity contribution in [2.45, 2.75) is 40.5 Å². The summed E-state index contributed by atoms with van der Waals surface area (Å²) in [6, 6.07) is 3.84. The van der Waals surface area contributed by atoms with E-state index in [0.29, 0.717) is 18.8 Å². The summed E-state index contributed by atoms with van der Waals surface area (Å²) in [5.74, 6) is 2.05. The van der Waals surface area contributed by atoms with Gasteiger partial charge in [-0.1, -0.05) is 13.8 Å². The van der Waals surface area contributed by atoms with Crippen LogP contribution in [-0.4, -0.2) is 66.9 Å². The van der Waals surface area contributed by atoms with Crippen LogP contribution < -0.4 is 4.90 Å². The molecular weight excluding hydrogens is 392 g/mol. The van der Waals surface area contributed by atoms with Crippen molar-refractivity contribution in [3.05, 3.63) is 40.7 Å². The second kappa shape index (κ2) is 8.13. The highest BCUT2D eigenvalue weighted by molar-refractivity contribution is 5.93. The molecule has 9 nitrogen and oxygen atoms in total. The molecule has 4 heterocycles. The summed E-state index contributed by atoms with van der Waals surface area (Å²) in [4.78, 5) is 26.4. The van der Waals surface area contributed by atoms with E-state index in [2.05, 4.69) is 39.0 Å². The minimum atomic E-state index is -0.0284. The number of hydrogen-bond acceptors (Lipinski definition) is 6. The van der Waals surface area contributed by atoms with Crippen LogP contribution in [0.3, 0.4) is 0 Å². The molecule has 3 aromatic rings. The van der Waals surface area contributed by atoms with Gasteiger partial charge < -0.3 is 9.80 Å². The number of hydrogen-bond donors (Lipinski definition) is 1. The first kappa shape index (κ1) is 21.0. The van der Waals surface area contributed by atoms with Crippen LogP contribution in [0.5, 0.6) is 0 Å². The molecule has 1 fully saturated rings. The van der Waals surface area contributed by atoms with Crippen LogP contribution in [0.2, 0.25) is 0 Å². The minimum absolute atomic E-state index is 0.0284. The molecule has 0 radical (unpaired) electrons. The SMILES string of the molecule is Cc1cc(N2CCN(C(=O)c3cc(-c4c(C)nn(C)c4C)n[nH]3)CC2)nc(C(C)C)n1. The van der Waals surface area contributed by atoms with Crippen LogP contribution in [-0.2, 0) is 7.05 Å². The summed E-state index contributed by atoms with van der Waals surface area (Å²) < 4.78 is 1.83. The summed E-state index contributed by atoms with van der Waals surface area (Å²) in [5, 5.41) is 11.7. The molecule has 1 N–H and O–H groups in total. The largest absolute Gasteiger partial charge is 0.353 e. The fraction of sp³-hybridized carbons (Fsp3) is 0.500. The van der Waals surface area contributed by atoms with E-state index in [9.17, 15) is 4.79 Å². The fourth-order valence-corrected chi connectivity index (χ4v) is 4.01. The Morgan fingerprint density at radius 3 is 2.39 bits per heavy atom. The zero-order chi connectivity index (χ0) is 22.3. The zero-order valence-corrected chi connectivity index (χ0v) is 19.1. The number of anilines is 1. The Kier molecular flexibility index (Phi) is 5.51. The predicted molar refractivity (Wildman–Crippen MR) is 119 cm³/mol. The van der Waals surface area contributed by atoms with Gasteiger partial charge in [-0.2, -0.15) is 10.2 Å². The van der Waals surface area contributed by atoms with Crippen molar-refractivity contribution in [1.29, 1.82) is 0 Å². The summed E-state index contributed by atoms with van der Waals surface area (Å²) in [6.07, 6.45) is 0. The Bertz CT molecular complexity index is 1100. The number of amides is 1. The van der Waals surface area contributed by atoms with Crippen LogP contribution in [0.4, 0.5) is 5.82 Å². The maximum absolute atomic E-state index is 13.0. The van der Waals surface area contributed by atoms with Gasteiger partial charge in [-0.05, 0) is 26.8 Å². The molecule has 1 saturated heterocycles. The molecule has 164 valence electrons. The van der Waals surface area contributed by atoms with Gasteiger partial charge in [0.25, 0.3) is 5.91 Å². The molecular formula is C22H30N8O. The van der Waals surface area contributed by atoms with Crippen LogP contribution in [0.15, 0.2) is 12.1 Å². The molecule has 0 saturated carbocycles. The van der Waals surface area contributed by atoms with E-state index < -0.39 is 0 Å². The number of H-pyrrole nitrogens is 1. The highest BCUT2D eigenvalue weighted by Gasteiger charge is 2.25. The number of aromatic nitrogens is 6. The topological polar surface area (TPSA) is 95.8 Å². The van der Waals surface area contributed by atoms with E-state index in [1.807, 2.05) is 49.5 Å². The van der Waals surface area contributed by atoms with Gasteiger partial charge in [0.05, 0.1) is 11.4 Å². The quantitative estimate of drug-likeness (QED) is 0.694. The molecule has 3 aromatic heterocycles. The number of carbonyl (C=O) groups excluding carboxylic acids is 1. The maximum Gasteiger partial charge on any atom is 0.272 e. The van der Waals surface area contributed by atoms with E-state index in [-0.39, 0.29) is 11.8 Å². The monoisotopic (exact) mass is 422 g/mol. The van der Waals surface area contributed by atoms with Gasteiger partial charge in [0, 0.05) is 62.2 Å². The number of carbonyl (C=O) groups is 1. The molecule has 0 unspecified atom stereocenters. The van der Waals surface area contributed by atoms with E-state index >= 15 is 0 Å². The molecule has 0 atom stereocenters. The molecule has 0 aromatic carbocycles. The second-order valence-electron chi connectivity index (χ2n) is 8.50. The molecule has 0 spiro atoms. The number of aryl methyl sites for hydroxylation is 3. The average Bonchev–Trinajstić information content (AvgIpc) is 3.31. The van der Waals surface area contributed by atoms with Gasteiger partial charge in [-0.15, -0.1) is 0 Å². The van der Waals surface area contributed by atoms with E-state index in [1.165, 1.54) is 0 Å². The molecule has 4 rings (SSSR count). The minimum Gasteiger partial charge on any atom is -0.353 e. The van der Waals surface area contributed by atoms with Crippen LogP contribution in [0.25, 0.3) is 11.3 Å². The Balaban J connectivity index is 1.45. The highest BCUT2D eigenvalue weighted by Crippen LogP contribution is 2.26. The Labute approximate surface area is 182 Å². The van der Waals surface area contributed by atoms with Gasteiger partial charge in [0.2, 0.25) is 0 Å². The van der Waals surface area contributed by atoms with E-state index in [0.717, 1.165) is 53.1 Å². The van der Waals surface area contributed by atoms with Crippen molar-refractivity contribution in [3.8, 4) is 11.3 Å². The lowest BCUT2D eigenvalue weighted by Gasteiger charge is -2.35. The Hall–Kier alpha value is -3.23. The predicted octanol–water partition coefficient (Wildman–Crippen LogP) is 2.61. The molecule has 9 heteroatoms. The van der Waals surface area contributed by atoms with Crippen molar-refractivity contribution in [2.24, 2.45) is 7.05 Å². The van der Waals surface area contributed by atoms with Crippen molar-refractivity contribution < 1.29 is 4.79 Å². The van der Waals surface area contributed by atoms with Crippen LogP contribution in [0, 0.1) is 20.8 Å². The summed E-state index contributed by atoms with van der Waals surface area (Å²) in [6.45, 7) is 12.9. The van der Waals surface area contributed by atoms with Gasteiger partial charge >= 0.3 is 0 Å². The smallest absolute Gasteiger partial charge is 0.272 e. The van der Waals surface area contributed by atoms with Gasteiger partial charge in [-0.3, -0.25) is 14.6 Å². The first-order valence-electron chi connectivity index (χ1n) is 10.7. The van der Waals surface area contributed by atoms with E-state index in [4.69, 9.17) is 4.98 Å². The van der Waals surface area contributed by atoms with Crippen molar-refractivity contribution in [1.82, 2.24) is 34.8 Å². The van der Waals surface area contributed by atoms with Crippen molar-refractivity contribution in [2.75, 3.05) is 31.1 Å². The number of nitrogens with zero attached hydrogens (tertiary/aromatic N) is 7. The number of aromatic amines is 1. The fourth-order valence-electron chi connectivity index (χ4n) is 4.01. The standard InChI is InChI=1S/C22H30N8O/c1-13(2)21-23-14(3)11-19(24-21)29-7-9-30(10-8-29)22(31)18-12-17(25-26-18)20-15(4)27-28(6)16(20)5/h11-13H,7-10H2,1-6H3,(H,25,26). The van der Waals surface area contributed by atoms with Crippen molar-refractivity contribution in [3.63, 3.8) is 0 Å². The lowest BCUT2D eigenvalue weighted by atomic mass is 10.1. The van der Waals surface area contributed by atoms with Crippen molar-refractivity contribution >= 4 is 11.7 Å². The van der Waals surface area contributed by atoms with Crippen LogP contribution in [0.1, 0.15) is 53.2 Å². The average molecular weight is 423 g/mol. The summed E-state index contributed by atoms with van der Waals surface area (Å²) in [7, 11) is 1.91. The normalized spacial score (nSPS) is 14.5. The van der Waals surface area contributed by atoms with Gasteiger partial charge in [-0.25, -0.2) is 9.97 Å². The third-order valence-corrected chi connectivity index (χ3v) is 5.84. The molecule has 1 amide bonds. The molecule has 1 aliphatic rings. The first-order valence-corrected chi connectivity index (χ1v) is 10.7. The molecule has 0 aliphatic carbocycles. The summed E-state index contributed by atoms with van der Waals surface area (Å²) in [5.41, 5.74) is 5.13. The van der Waals surface area contributed by atoms with Gasteiger partial charge in [0.15, 0.2) is 0 Å². The number of piperazine rings is 1. The zero-order valence-electron chi connectivity index (χ0n) is 19.1. The lowest BCUT2D eigenvalue weighted by molar-refractivity contribution is 0.0740. The third kappa shape index (κ3) is 4.04. The summed E-state index contributed by atoms with van der Waals surface area (Å²) >= 11 is 0. The van der Waals surface area contributed by atoms with Gasteiger partial charge in [0.1, 0.15) is 17.3 Å². The molecule has 31 heavy (non-hydrogen) atoms. The Morgan fingerprint density at radius 2 is 1.77 bits per heavy atom. The van der Waals surface area contributed by atoms with E-state index in [1.54, 1.807) is 0 Å². The third-order valence-electron chi connectivity index (χ3n) is 5.84. The number of rotatable bonds is 4. The lowest BCUT2D eigenvalue weighted by Crippen LogP contribution is -2.49. The second-order valence-corrected chi connectivity index (χ2v) is 8.50. The maximum atomic E-state index is 13.0. The Morgan fingerprint density at radius 1 is 1.06 bits per heavy atom.